The molecule has 0 atom stereocenters. The Labute approximate surface area is 182 Å². The number of halogens is 3. The van der Waals surface area contributed by atoms with Crippen LogP contribution in [0.2, 0.25) is 0 Å². The van der Waals surface area contributed by atoms with Crippen LogP contribution in [-0.4, -0.2) is 57.3 Å². The summed E-state index contributed by atoms with van der Waals surface area (Å²) in [5, 5.41) is 0. The second kappa shape index (κ2) is 9.66. The quantitative estimate of drug-likeness (QED) is 0.472. The number of anilines is 1. The van der Waals surface area contributed by atoms with E-state index in [0.717, 1.165) is 13.1 Å². The predicted molar refractivity (Wildman–Crippen MR) is 110 cm³/mol. The van der Waals surface area contributed by atoms with Crippen LogP contribution in [0.15, 0.2) is 51.9 Å². The number of benzene rings is 1. The zero-order valence-corrected chi connectivity index (χ0v) is 17.3. The van der Waals surface area contributed by atoms with Gasteiger partial charge in [-0.25, -0.2) is 0 Å². The van der Waals surface area contributed by atoms with Crippen LogP contribution >= 0.6 is 0 Å². The minimum atomic E-state index is -4.48. The van der Waals surface area contributed by atoms with Crippen LogP contribution in [0, 0.1) is 0 Å². The van der Waals surface area contributed by atoms with Gasteiger partial charge in [-0.05, 0) is 18.2 Å². The zero-order chi connectivity index (χ0) is 22.6. The van der Waals surface area contributed by atoms with E-state index in [9.17, 15) is 18.0 Å². The van der Waals surface area contributed by atoms with E-state index in [-0.39, 0.29) is 36.6 Å². The van der Waals surface area contributed by atoms with Crippen LogP contribution in [0.5, 0.6) is 5.75 Å². The van der Waals surface area contributed by atoms with E-state index in [4.69, 9.17) is 18.6 Å². The molecule has 7 nitrogen and oxygen atoms in total. The van der Waals surface area contributed by atoms with Crippen molar-refractivity contribution in [1.29, 1.82) is 0 Å². The number of hydrogen-bond donors (Lipinski definition) is 0. The third kappa shape index (κ3) is 5.25. The molecule has 0 spiro atoms. The largest absolute Gasteiger partial charge is 0.490 e. The molecule has 2 aromatic rings. The third-order valence-corrected chi connectivity index (χ3v) is 5.16. The fourth-order valence-electron chi connectivity index (χ4n) is 3.59. The Morgan fingerprint density at radius 1 is 1.06 bits per heavy atom. The Morgan fingerprint density at radius 3 is 2.56 bits per heavy atom. The van der Waals surface area contributed by atoms with Gasteiger partial charge in [-0.1, -0.05) is 12.1 Å². The second-order valence-corrected chi connectivity index (χ2v) is 7.32. The molecule has 0 radical (unpaired) electrons. The summed E-state index contributed by atoms with van der Waals surface area (Å²) in [5.41, 5.74) is 0.0838. The van der Waals surface area contributed by atoms with Crippen LogP contribution in [0.1, 0.15) is 11.3 Å². The lowest BCUT2D eigenvalue weighted by atomic mass is 10.1. The van der Waals surface area contributed by atoms with Crippen molar-refractivity contribution >= 4 is 11.4 Å². The Kier molecular flexibility index (Phi) is 6.71. The molecule has 0 saturated carbocycles. The molecule has 0 bridgehead atoms. The van der Waals surface area contributed by atoms with Crippen LogP contribution in [-0.2, 0) is 16.0 Å². The molecule has 0 aliphatic carbocycles. The number of hydrogen-bond acceptors (Lipinski definition) is 7. The first-order valence-corrected chi connectivity index (χ1v) is 10.2. The van der Waals surface area contributed by atoms with Crippen molar-refractivity contribution < 1.29 is 31.8 Å². The van der Waals surface area contributed by atoms with Crippen molar-refractivity contribution in [2.45, 2.75) is 12.8 Å². The van der Waals surface area contributed by atoms with Crippen molar-refractivity contribution in [3.63, 3.8) is 0 Å². The monoisotopic (exact) mass is 452 g/mol. The smallest absolute Gasteiger partial charge is 0.485 e. The van der Waals surface area contributed by atoms with Crippen molar-refractivity contribution in [2.75, 3.05) is 51.0 Å². The summed E-state index contributed by atoms with van der Waals surface area (Å²) in [4.78, 5) is 14.8. The summed E-state index contributed by atoms with van der Waals surface area (Å²) in [6.07, 6.45) is -1.83. The molecule has 0 N–H and O–H groups in total. The summed E-state index contributed by atoms with van der Waals surface area (Å²) in [6, 6.07) is 7.57. The number of fused-ring (bicyclic) bond motifs is 1. The van der Waals surface area contributed by atoms with Gasteiger partial charge in [0.1, 0.15) is 31.0 Å². The molecule has 2 aliphatic rings. The first-order chi connectivity index (χ1) is 15.4. The van der Waals surface area contributed by atoms with Crippen LogP contribution in [0.3, 0.4) is 0 Å². The molecular formula is C22H23F3N2O5. The SMILES string of the molecule is O=c1cc(CN2CCOCC2)occ1OCCOC1=CCN(C(F)(F)F)c2ccccc21. The normalized spacial score (nSPS) is 17.0. The summed E-state index contributed by atoms with van der Waals surface area (Å²) in [7, 11) is 0. The first kappa shape index (κ1) is 22.2. The molecule has 1 aromatic carbocycles. The Hall–Kier alpha value is -2.98. The van der Waals surface area contributed by atoms with Gasteiger partial charge < -0.3 is 18.6 Å². The highest BCUT2D eigenvalue weighted by atomic mass is 19.4. The molecule has 1 saturated heterocycles. The van der Waals surface area contributed by atoms with Crippen LogP contribution in [0.25, 0.3) is 5.76 Å². The number of alkyl halides is 3. The lowest BCUT2D eigenvalue weighted by Crippen LogP contribution is -2.40. The maximum atomic E-state index is 13.2. The van der Waals surface area contributed by atoms with E-state index < -0.39 is 6.30 Å². The summed E-state index contributed by atoms with van der Waals surface area (Å²) in [5.74, 6) is 0.942. The summed E-state index contributed by atoms with van der Waals surface area (Å²) >= 11 is 0. The molecule has 1 fully saturated rings. The first-order valence-electron chi connectivity index (χ1n) is 10.2. The highest BCUT2D eigenvalue weighted by Crippen LogP contribution is 2.37. The van der Waals surface area contributed by atoms with Gasteiger partial charge in [0.05, 0.1) is 25.4 Å². The number of rotatable bonds is 7. The van der Waals surface area contributed by atoms with Gasteiger partial charge in [0.2, 0.25) is 11.2 Å². The van der Waals surface area contributed by atoms with E-state index in [0.29, 0.717) is 41.7 Å². The predicted octanol–water partition coefficient (Wildman–Crippen LogP) is 3.25. The molecule has 172 valence electrons. The Bertz CT molecular complexity index is 1020. The fraction of sp³-hybridized carbons (Fsp3) is 0.409. The van der Waals surface area contributed by atoms with Gasteiger partial charge in [0.15, 0.2) is 0 Å². The van der Waals surface area contributed by atoms with Crippen molar-refractivity contribution in [1.82, 2.24) is 4.90 Å². The number of morpholine rings is 1. The summed E-state index contributed by atoms with van der Waals surface area (Å²) in [6.45, 7) is 3.13. The minimum absolute atomic E-state index is 0.0370. The average molecular weight is 452 g/mol. The van der Waals surface area contributed by atoms with Crippen molar-refractivity contribution in [3.05, 3.63) is 64.2 Å². The molecule has 3 heterocycles. The molecule has 0 unspecified atom stereocenters. The molecule has 1 aromatic heterocycles. The van der Waals surface area contributed by atoms with Gasteiger partial charge in [-0.15, -0.1) is 0 Å². The van der Waals surface area contributed by atoms with Gasteiger partial charge in [-0.2, -0.15) is 13.2 Å². The standard InChI is InChI=1S/C22H23F3N2O5/c23-22(24,25)27-6-5-20(17-3-1-2-4-18(17)27)30-11-12-31-21-15-32-16(13-19(21)28)14-26-7-9-29-10-8-26/h1-5,13,15H,6-12,14H2. The Balaban J connectivity index is 1.31. The van der Waals surface area contributed by atoms with E-state index in [2.05, 4.69) is 4.90 Å². The van der Waals surface area contributed by atoms with Gasteiger partial charge in [0, 0.05) is 31.3 Å². The zero-order valence-electron chi connectivity index (χ0n) is 17.3. The molecule has 2 aliphatic heterocycles. The highest BCUT2D eigenvalue weighted by molar-refractivity contribution is 5.77. The molecule has 10 heteroatoms. The van der Waals surface area contributed by atoms with Gasteiger partial charge in [-0.3, -0.25) is 14.6 Å². The molecular weight excluding hydrogens is 429 g/mol. The highest BCUT2D eigenvalue weighted by Gasteiger charge is 2.40. The van der Waals surface area contributed by atoms with E-state index in [1.807, 2.05) is 0 Å². The van der Waals surface area contributed by atoms with E-state index in [1.165, 1.54) is 24.5 Å². The number of ether oxygens (including phenoxy) is 3. The topological polar surface area (TPSA) is 64.4 Å². The maximum Gasteiger partial charge on any atom is 0.485 e. The molecule has 32 heavy (non-hydrogen) atoms. The fourth-order valence-corrected chi connectivity index (χ4v) is 3.59. The van der Waals surface area contributed by atoms with E-state index >= 15 is 0 Å². The number of para-hydroxylation sites is 1. The van der Waals surface area contributed by atoms with Gasteiger partial charge in [0.25, 0.3) is 0 Å². The molecule has 0 amide bonds. The lowest BCUT2D eigenvalue weighted by molar-refractivity contribution is -0.128. The van der Waals surface area contributed by atoms with Crippen LogP contribution < -0.4 is 15.1 Å². The summed E-state index contributed by atoms with van der Waals surface area (Å²) < 4.78 is 61.6. The van der Waals surface area contributed by atoms with E-state index in [1.54, 1.807) is 18.2 Å². The second-order valence-electron chi connectivity index (χ2n) is 7.32. The third-order valence-electron chi connectivity index (χ3n) is 5.16. The Morgan fingerprint density at radius 2 is 1.81 bits per heavy atom. The van der Waals surface area contributed by atoms with Crippen molar-refractivity contribution in [2.24, 2.45) is 0 Å². The lowest BCUT2D eigenvalue weighted by Gasteiger charge is -2.31. The van der Waals surface area contributed by atoms with Crippen molar-refractivity contribution in [3.8, 4) is 5.75 Å². The minimum Gasteiger partial charge on any atom is -0.490 e. The van der Waals surface area contributed by atoms with Gasteiger partial charge >= 0.3 is 6.30 Å². The van der Waals surface area contributed by atoms with Crippen LogP contribution in [0.4, 0.5) is 18.9 Å². The molecule has 4 rings (SSSR count). The number of nitrogens with zero attached hydrogens (tertiary/aromatic N) is 2. The maximum absolute atomic E-state index is 13.2. The average Bonchev–Trinajstić information content (AvgIpc) is 2.78.